The number of likely N-dealkylation sites (N-methyl/N-ethyl adjacent to an activating group) is 1. The number of hydrogen-bond donors (Lipinski definition) is 1. The third kappa shape index (κ3) is 3.01. The molecule has 1 aromatic carbocycles. The summed E-state index contributed by atoms with van der Waals surface area (Å²) in [6.07, 6.45) is 0. The van der Waals surface area contributed by atoms with Crippen molar-refractivity contribution >= 4 is 5.69 Å². The first-order chi connectivity index (χ1) is 7.88. The van der Waals surface area contributed by atoms with Gasteiger partial charge in [-0.3, -0.25) is 0 Å². The molecule has 17 heavy (non-hydrogen) atoms. The average molecular weight is 234 g/mol. The van der Waals surface area contributed by atoms with E-state index in [2.05, 4.69) is 58.7 Å². The standard InChI is InChI=1S/C15H26N2/c1-10(2)14(9-16)17(6)15-12(4)7-11(3)8-13(15)5/h7-8,10,14H,9,16H2,1-6H3. The normalized spacial score (nSPS) is 12.9. The van der Waals surface area contributed by atoms with E-state index in [1.54, 1.807) is 0 Å². The molecule has 0 aliphatic heterocycles. The van der Waals surface area contributed by atoms with Crippen LogP contribution in [0.25, 0.3) is 0 Å². The molecule has 1 rings (SSSR count). The van der Waals surface area contributed by atoms with Crippen LogP contribution in [0.3, 0.4) is 0 Å². The van der Waals surface area contributed by atoms with Gasteiger partial charge in [0, 0.05) is 25.3 Å². The summed E-state index contributed by atoms with van der Waals surface area (Å²) in [5.74, 6) is 0.560. The summed E-state index contributed by atoms with van der Waals surface area (Å²) in [7, 11) is 2.15. The van der Waals surface area contributed by atoms with Crippen molar-refractivity contribution in [3.63, 3.8) is 0 Å². The Kier molecular flexibility index (Phi) is 4.58. The average Bonchev–Trinajstić information content (AvgIpc) is 2.15. The van der Waals surface area contributed by atoms with Gasteiger partial charge in [0.15, 0.2) is 0 Å². The Bertz CT molecular complexity index is 360. The fraction of sp³-hybridized carbons (Fsp3) is 0.600. The van der Waals surface area contributed by atoms with Crippen molar-refractivity contribution in [3.8, 4) is 0 Å². The van der Waals surface area contributed by atoms with Crippen molar-refractivity contribution < 1.29 is 0 Å². The highest BCUT2D eigenvalue weighted by Gasteiger charge is 2.20. The van der Waals surface area contributed by atoms with E-state index in [1.165, 1.54) is 22.4 Å². The molecule has 2 nitrogen and oxygen atoms in total. The van der Waals surface area contributed by atoms with Gasteiger partial charge in [-0.05, 0) is 37.8 Å². The molecule has 96 valence electrons. The molecule has 0 saturated heterocycles. The number of anilines is 1. The minimum Gasteiger partial charge on any atom is -0.370 e. The molecule has 1 unspecified atom stereocenters. The maximum Gasteiger partial charge on any atom is 0.0432 e. The van der Waals surface area contributed by atoms with Gasteiger partial charge in [0.05, 0.1) is 0 Å². The van der Waals surface area contributed by atoms with Crippen molar-refractivity contribution in [1.29, 1.82) is 0 Å². The second-order valence-electron chi connectivity index (χ2n) is 5.41. The first-order valence-electron chi connectivity index (χ1n) is 6.39. The number of nitrogens with zero attached hydrogens (tertiary/aromatic N) is 1. The van der Waals surface area contributed by atoms with E-state index in [0.29, 0.717) is 18.5 Å². The number of hydrogen-bond acceptors (Lipinski definition) is 2. The van der Waals surface area contributed by atoms with Crippen molar-refractivity contribution in [2.75, 3.05) is 18.5 Å². The largest absolute Gasteiger partial charge is 0.370 e. The van der Waals surface area contributed by atoms with Gasteiger partial charge >= 0.3 is 0 Å². The van der Waals surface area contributed by atoms with E-state index in [9.17, 15) is 0 Å². The zero-order chi connectivity index (χ0) is 13.2. The van der Waals surface area contributed by atoms with E-state index in [0.717, 1.165) is 0 Å². The van der Waals surface area contributed by atoms with Crippen LogP contribution in [0.15, 0.2) is 12.1 Å². The van der Waals surface area contributed by atoms with Crippen LogP contribution >= 0.6 is 0 Å². The Morgan fingerprint density at radius 1 is 1.12 bits per heavy atom. The van der Waals surface area contributed by atoms with Crippen molar-refractivity contribution in [2.45, 2.75) is 40.7 Å². The molecular formula is C15H26N2. The minimum atomic E-state index is 0.398. The lowest BCUT2D eigenvalue weighted by Gasteiger charge is -2.34. The molecule has 0 aliphatic rings. The van der Waals surface area contributed by atoms with Gasteiger partial charge in [0.25, 0.3) is 0 Å². The lowest BCUT2D eigenvalue weighted by molar-refractivity contribution is 0.479. The first-order valence-corrected chi connectivity index (χ1v) is 6.39. The third-order valence-corrected chi connectivity index (χ3v) is 3.50. The zero-order valence-electron chi connectivity index (χ0n) is 12.0. The van der Waals surface area contributed by atoms with Crippen LogP contribution in [0.5, 0.6) is 0 Å². The lowest BCUT2D eigenvalue weighted by Crippen LogP contribution is -2.42. The molecule has 2 heteroatoms. The predicted octanol–water partition coefficient (Wildman–Crippen LogP) is 3.03. The van der Waals surface area contributed by atoms with E-state index < -0.39 is 0 Å². The Balaban J connectivity index is 3.15. The van der Waals surface area contributed by atoms with Crippen molar-refractivity contribution in [1.82, 2.24) is 0 Å². The van der Waals surface area contributed by atoms with Crippen molar-refractivity contribution in [3.05, 3.63) is 28.8 Å². The smallest absolute Gasteiger partial charge is 0.0432 e. The van der Waals surface area contributed by atoms with Gasteiger partial charge in [-0.15, -0.1) is 0 Å². The van der Waals surface area contributed by atoms with Crippen LogP contribution in [-0.4, -0.2) is 19.6 Å². The Morgan fingerprint density at radius 3 is 1.94 bits per heavy atom. The number of benzene rings is 1. The monoisotopic (exact) mass is 234 g/mol. The molecule has 0 heterocycles. The van der Waals surface area contributed by atoms with E-state index in [-0.39, 0.29) is 0 Å². The number of nitrogens with two attached hydrogens (primary N) is 1. The topological polar surface area (TPSA) is 29.3 Å². The summed E-state index contributed by atoms with van der Waals surface area (Å²) in [5, 5.41) is 0. The lowest BCUT2D eigenvalue weighted by atomic mass is 9.98. The Hall–Kier alpha value is -1.02. The molecule has 0 amide bonds. The molecular weight excluding hydrogens is 208 g/mol. The summed E-state index contributed by atoms with van der Waals surface area (Å²) >= 11 is 0. The quantitative estimate of drug-likeness (QED) is 0.867. The first kappa shape index (κ1) is 14.0. The minimum absolute atomic E-state index is 0.398. The molecule has 0 aliphatic carbocycles. The predicted molar refractivity (Wildman–Crippen MR) is 76.7 cm³/mol. The van der Waals surface area contributed by atoms with E-state index in [1.807, 2.05) is 0 Å². The van der Waals surface area contributed by atoms with Crippen LogP contribution in [0.2, 0.25) is 0 Å². The van der Waals surface area contributed by atoms with Gasteiger partial charge < -0.3 is 10.6 Å². The van der Waals surface area contributed by atoms with E-state index in [4.69, 9.17) is 5.73 Å². The van der Waals surface area contributed by atoms with Crippen molar-refractivity contribution in [2.24, 2.45) is 11.7 Å². The van der Waals surface area contributed by atoms with Crippen LogP contribution < -0.4 is 10.6 Å². The van der Waals surface area contributed by atoms with Gasteiger partial charge in [-0.2, -0.15) is 0 Å². The summed E-state index contributed by atoms with van der Waals surface area (Å²) in [5.41, 5.74) is 11.2. The summed E-state index contributed by atoms with van der Waals surface area (Å²) < 4.78 is 0. The molecule has 0 fully saturated rings. The third-order valence-electron chi connectivity index (χ3n) is 3.50. The summed E-state index contributed by atoms with van der Waals surface area (Å²) in [6, 6.07) is 4.88. The van der Waals surface area contributed by atoms with Gasteiger partial charge in [-0.25, -0.2) is 0 Å². The SMILES string of the molecule is Cc1cc(C)c(N(C)C(CN)C(C)C)c(C)c1. The Labute approximate surface area is 106 Å². The highest BCUT2D eigenvalue weighted by Crippen LogP contribution is 2.28. The molecule has 1 atom stereocenters. The molecule has 2 N–H and O–H groups in total. The van der Waals surface area contributed by atoms with Crippen LogP contribution in [0.4, 0.5) is 5.69 Å². The molecule has 0 spiro atoms. The second kappa shape index (κ2) is 5.54. The molecule has 1 aromatic rings. The van der Waals surface area contributed by atoms with Crippen LogP contribution in [0, 0.1) is 26.7 Å². The fourth-order valence-corrected chi connectivity index (χ4v) is 2.77. The number of aryl methyl sites for hydroxylation is 3. The second-order valence-corrected chi connectivity index (χ2v) is 5.41. The number of rotatable bonds is 4. The zero-order valence-corrected chi connectivity index (χ0v) is 12.0. The highest BCUT2D eigenvalue weighted by molar-refractivity contribution is 5.60. The van der Waals surface area contributed by atoms with Crippen LogP contribution in [0.1, 0.15) is 30.5 Å². The highest BCUT2D eigenvalue weighted by atomic mass is 15.1. The fourth-order valence-electron chi connectivity index (χ4n) is 2.77. The maximum atomic E-state index is 5.90. The molecule has 0 aromatic heterocycles. The van der Waals surface area contributed by atoms with Gasteiger partial charge in [-0.1, -0.05) is 31.5 Å². The molecule has 0 bridgehead atoms. The summed E-state index contributed by atoms with van der Waals surface area (Å²) in [6.45, 7) is 11.7. The van der Waals surface area contributed by atoms with E-state index >= 15 is 0 Å². The van der Waals surface area contributed by atoms with Crippen LogP contribution in [-0.2, 0) is 0 Å². The summed E-state index contributed by atoms with van der Waals surface area (Å²) in [4.78, 5) is 2.34. The maximum absolute atomic E-state index is 5.90. The molecule has 0 radical (unpaired) electrons. The Morgan fingerprint density at radius 2 is 1.59 bits per heavy atom. The van der Waals surface area contributed by atoms with Gasteiger partial charge in [0.2, 0.25) is 0 Å². The molecule has 0 saturated carbocycles. The van der Waals surface area contributed by atoms with Gasteiger partial charge in [0.1, 0.15) is 0 Å².